The minimum absolute atomic E-state index is 0.0432. The van der Waals surface area contributed by atoms with Crippen LogP contribution in [0.2, 0.25) is 0 Å². The van der Waals surface area contributed by atoms with Gasteiger partial charge in [-0.05, 0) is 31.2 Å². The van der Waals surface area contributed by atoms with E-state index in [4.69, 9.17) is 4.98 Å². The Hall–Kier alpha value is -2.84. The molecular weight excluding hydrogens is 376 g/mol. The van der Waals surface area contributed by atoms with Gasteiger partial charge in [0, 0.05) is 17.2 Å². The van der Waals surface area contributed by atoms with Gasteiger partial charge in [-0.15, -0.1) is 11.3 Å². The van der Waals surface area contributed by atoms with Crippen molar-refractivity contribution in [3.8, 4) is 0 Å². The van der Waals surface area contributed by atoms with Crippen LogP contribution >= 0.6 is 11.3 Å². The van der Waals surface area contributed by atoms with Crippen LogP contribution in [0, 0.1) is 17.0 Å². The van der Waals surface area contributed by atoms with Crippen molar-refractivity contribution in [2.24, 2.45) is 0 Å². The van der Waals surface area contributed by atoms with E-state index in [9.17, 15) is 14.9 Å². The van der Waals surface area contributed by atoms with Crippen molar-refractivity contribution < 1.29 is 14.6 Å². The maximum atomic E-state index is 12.8. The van der Waals surface area contributed by atoms with E-state index in [0.29, 0.717) is 24.2 Å². The van der Waals surface area contributed by atoms with Crippen molar-refractivity contribution in [2.75, 3.05) is 26.2 Å². The average molecular weight is 397 g/mol. The number of nitro benzene ring substituents is 1. The number of rotatable bonds is 4. The van der Waals surface area contributed by atoms with E-state index >= 15 is 0 Å². The number of carbonyl (C=O) groups excluding carboxylic acids is 1. The maximum absolute atomic E-state index is 12.8. The van der Waals surface area contributed by atoms with Crippen molar-refractivity contribution in [3.05, 3.63) is 68.7 Å². The predicted octanol–water partition coefficient (Wildman–Crippen LogP) is 2.05. The summed E-state index contributed by atoms with van der Waals surface area (Å²) in [5.74, 6) is -0.0583. The van der Waals surface area contributed by atoms with Crippen molar-refractivity contribution >= 4 is 33.1 Å². The molecule has 8 heteroatoms. The van der Waals surface area contributed by atoms with Gasteiger partial charge in [0.25, 0.3) is 11.6 Å². The molecule has 144 valence electrons. The van der Waals surface area contributed by atoms with Crippen LogP contribution in [0.3, 0.4) is 0 Å². The van der Waals surface area contributed by atoms with Crippen LogP contribution in [-0.2, 0) is 6.54 Å². The van der Waals surface area contributed by atoms with E-state index in [1.165, 1.54) is 15.7 Å². The fourth-order valence-corrected chi connectivity index (χ4v) is 4.63. The summed E-state index contributed by atoms with van der Waals surface area (Å²) in [5.41, 5.74) is 2.11. The highest BCUT2D eigenvalue weighted by molar-refractivity contribution is 7.18. The molecule has 1 amide bonds. The minimum Gasteiger partial charge on any atom is -0.327 e. The highest BCUT2D eigenvalue weighted by Gasteiger charge is 2.26. The molecule has 2 heterocycles. The molecule has 0 saturated carbocycles. The standard InChI is InChI=1S/C20H20N4O3S/c1-14-12-15(6-7-17(14)24(26)27)20(25)23-10-8-22(9-11-23)13-19-21-16-4-2-3-5-18(16)28-19/h2-7,12H,8-11,13H2,1H3/p+1. The zero-order valence-electron chi connectivity index (χ0n) is 15.6. The Morgan fingerprint density at radius 2 is 2.00 bits per heavy atom. The summed E-state index contributed by atoms with van der Waals surface area (Å²) in [7, 11) is 0. The Morgan fingerprint density at radius 3 is 2.68 bits per heavy atom. The van der Waals surface area contributed by atoms with Crippen LogP contribution < -0.4 is 4.90 Å². The van der Waals surface area contributed by atoms with Gasteiger partial charge in [0.05, 0.1) is 41.3 Å². The number of benzene rings is 2. The summed E-state index contributed by atoms with van der Waals surface area (Å²) < 4.78 is 1.21. The number of nitrogens with one attached hydrogen (secondary N) is 1. The van der Waals surface area contributed by atoms with Gasteiger partial charge < -0.3 is 9.80 Å². The normalized spacial score (nSPS) is 15.1. The molecule has 0 spiro atoms. The smallest absolute Gasteiger partial charge is 0.272 e. The lowest BCUT2D eigenvalue weighted by Crippen LogP contribution is -3.13. The van der Waals surface area contributed by atoms with Crippen LogP contribution in [0.4, 0.5) is 5.69 Å². The number of aromatic nitrogens is 1. The number of fused-ring (bicyclic) bond motifs is 1. The first-order valence-corrected chi connectivity index (χ1v) is 10.1. The number of thiazole rings is 1. The largest absolute Gasteiger partial charge is 0.327 e. The summed E-state index contributed by atoms with van der Waals surface area (Å²) in [6, 6.07) is 12.7. The first-order chi connectivity index (χ1) is 13.5. The van der Waals surface area contributed by atoms with Crippen molar-refractivity contribution in [1.29, 1.82) is 0 Å². The summed E-state index contributed by atoms with van der Waals surface area (Å²) in [6.07, 6.45) is 0. The second kappa shape index (κ2) is 7.65. The zero-order chi connectivity index (χ0) is 19.7. The van der Waals surface area contributed by atoms with Crippen LogP contribution in [0.25, 0.3) is 10.2 Å². The van der Waals surface area contributed by atoms with Gasteiger partial charge in [-0.1, -0.05) is 12.1 Å². The van der Waals surface area contributed by atoms with Gasteiger partial charge in [-0.25, -0.2) is 4.98 Å². The highest BCUT2D eigenvalue weighted by Crippen LogP contribution is 2.21. The number of amides is 1. The second-order valence-corrected chi connectivity index (χ2v) is 8.17. The van der Waals surface area contributed by atoms with Crippen LogP contribution in [0.15, 0.2) is 42.5 Å². The van der Waals surface area contributed by atoms with Crippen LogP contribution in [-0.4, -0.2) is 46.9 Å². The number of para-hydroxylation sites is 1. The molecule has 1 aromatic heterocycles. The molecule has 0 unspecified atom stereocenters. The minimum atomic E-state index is -0.423. The topological polar surface area (TPSA) is 80.8 Å². The molecule has 1 N–H and O–H groups in total. The molecule has 1 saturated heterocycles. The van der Waals surface area contributed by atoms with E-state index < -0.39 is 4.92 Å². The molecule has 4 rings (SSSR count). The molecule has 1 aliphatic rings. The lowest BCUT2D eigenvalue weighted by molar-refractivity contribution is -0.917. The monoisotopic (exact) mass is 397 g/mol. The summed E-state index contributed by atoms with van der Waals surface area (Å²) >= 11 is 1.73. The number of piperazine rings is 1. The van der Waals surface area contributed by atoms with Gasteiger partial charge in [0.1, 0.15) is 11.6 Å². The molecule has 28 heavy (non-hydrogen) atoms. The molecule has 1 aliphatic heterocycles. The van der Waals surface area contributed by atoms with Crippen molar-refractivity contribution in [1.82, 2.24) is 9.88 Å². The molecule has 7 nitrogen and oxygen atoms in total. The first-order valence-electron chi connectivity index (χ1n) is 9.23. The molecule has 0 radical (unpaired) electrons. The Bertz CT molecular complexity index is 1010. The van der Waals surface area contributed by atoms with Gasteiger partial charge in [-0.3, -0.25) is 14.9 Å². The number of quaternary nitrogens is 1. The van der Waals surface area contributed by atoms with Crippen LogP contribution in [0.5, 0.6) is 0 Å². The third-order valence-electron chi connectivity index (χ3n) is 5.14. The quantitative estimate of drug-likeness (QED) is 0.540. The third kappa shape index (κ3) is 3.74. The van der Waals surface area contributed by atoms with Crippen molar-refractivity contribution in [3.63, 3.8) is 0 Å². The number of nitro groups is 1. The fraction of sp³-hybridized carbons (Fsp3) is 0.300. The zero-order valence-corrected chi connectivity index (χ0v) is 16.4. The lowest BCUT2D eigenvalue weighted by Gasteiger charge is -2.32. The van der Waals surface area contributed by atoms with E-state index in [0.717, 1.165) is 30.2 Å². The van der Waals surface area contributed by atoms with E-state index in [-0.39, 0.29) is 11.6 Å². The summed E-state index contributed by atoms with van der Waals surface area (Å²) in [6.45, 7) is 5.62. The van der Waals surface area contributed by atoms with Gasteiger partial charge >= 0.3 is 0 Å². The first kappa shape index (κ1) is 18.5. The van der Waals surface area contributed by atoms with Crippen LogP contribution in [0.1, 0.15) is 20.9 Å². The fourth-order valence-electron chi connectivity index (χ4n) is 3.59. The van der Waals surface area contributed by atoms with Gasteiger partial charge in [0.2, 0.25) is 0 Å². The molecule has 3 aromatic rings. The Balaban J connectivity index is 1.37. The van der Waals surface area contributed by atoms with E-state index in [1.807, 2.05) is 23.1 Å². The van der Waals surface area contributed by atoms with Crippen molar-refractivity contribution in [2.45, 2.75) is 13.5 Å². The highest BCUT2D eigenvalue weighted by atomic mass is 32.1. The summed E-state index contributed by atoms with van der Waals surface area (Å²) in [5, 5.41) is 12.1. The second-order valence-electron chi connectivity index (χ2n) is 7.05. The summed E-state index contributed by atoms with van der Waals surface area (Å²) in [4.78, 5) is 31.2. The number of carbonyl (C=O) groups is 1. The van der Waals surface area contributed by atoms with Gasteiger partial charge in [0.15, 0.2) is 0 Å². The Kier molecular flexibility index (Phi) is 5.06. The SMILES string of the molecule is Cc1cc(C(=O)N2CC[NH+](Cc3nc4ccccc4s3)CC2)ccc1[N+](=O)[O-]. The van der Waals surface area contributed by atoms with Gasteiger partial charge in [-0.2, -0.15) is 0 Å². The Labute approximate surface area is 166 Å². The third-order valence-corrected chi connectivity index (χ3v) is 6.17. The molecule has 0 aliphatic carbocycles. The van der Waals surface area contributed by atoms with E-state index in [1.54, 1.807) is 30.4 Å². The average Bonchev–Trinajstić information content (AvgIpc) is 3.10. The number of hydrogen-bond donors (Lipinski definition) is 1. The molecular formula is C20H21N4O3S+. The number of aryl methyl sites for hydroxylation is 1. The molecule has 1 fully saturated rings. The molecule has 0 bridgehead atoms. The predicted molar refractivity (Wildman–Crippen MR) is 108 cm³/mol. The number of hydrogen-bond acceptors (Lipinski definition) is 5. The Morgan fingerprint density at radius 1 is 1.25 bits per heavy atom. The molecule has 0 atom stereocenters. The lowest BCUT2D eigenvalue weighted by atomic mass is 10.1. The molecule has 2 aromatic carbocycles. The maximum Gasteiger partial charge on any atom is 0.272 e. The number of nitrogens with zero attached hydrogens (tertiary/aromatic N) is 3. The van der Waals surface area contributed by atoms with E-state index in [2.05, 4.69) is 6.07 Å².